The van der Waals surface area contributed by atoms with Crippen molar-refractivity contribution in [2.45, 2.75) is 13.0 Å². The number of esters is 1. The molecule has 1 unspecified atom stereocenters. The molecule has 1 rings (SSSR count). The van der Waals surface area contributed by atoms with E-state index in [0.29, 0.717) is 10.9 Å². The molecule has 0 bridgehead atoms. The number of rotatable bonds is 4. The van der Waals surface area contributed by atoms with Crippen LogP contribution in [0.2, 0.25) is 0 Å². The van der Waals surface area contributed by atoms with E-state index in [9.17, 15) is 4.79 Å². The van der Waals surface area contributed by atoms with Gasteiger partial charge in [-0.25, -0.2) is 4.79 Å². The third kappa shape index (κ3) is 3.55. The second kappa shape index (κ2) is 5.75. The van der Waals surface area contributed by atoms with Gasteiger partial charge in [-0.2, -0.15) is 0 Å². The predicted octanol–water partition coefficient (Wildman–Crippen LogP) is 2.64. The maximum absolute atomic E-state index is 11.5. The van der Waals surface area contributed by atoms with E-state index in [0.717, 1.165) is 5.75 Å². The Morgan fingerprint density at radius 1 is 1.40 bits per heavy atom. The molecule has 3 nitrogen and oxygen atoms in total. The Bertz CT molecular complexity index is 321. The summed E-state index contributed by atoms with van der Waals surface area (Å²) < 4.78 is 10.1. The van der Waals surface area contributed by atoms with Crippen LogP contribution in [0.5, 0.6) is 5.75 Å². The van der Waals surface area contributed by atoms with Gasteiger partial charge in [0.15, 0.2) is 0 Å². The van der Waals surface area contributed by atoms with Crippen molar-refractivity contribution in [3.8, 4) is 5.75 Å². The molecule has 0 saturated carbocycles. The molecule has 0 N–H and O–H groups in total. The van der Waals surface area contributed by atoms with Crippen molar-refractivity contribution in [1.29, 1.82) is 0 Å². The van der Waals surface area contributed by atoms with E-state index >= 15 is 0 Å². The molecule has 4 heteroatoms. The predicted molar refractivity (Wildman–Crippen MR) is 61.7 cm³/mol. The SMILES string of the molecule is COc1ccc(C(=O)OC(C)CBr)cc1. The Balaban J connectivity index is 2.66. The molecule has 0 aromatic heterocycles. The minimum absolute atomic E-state index is 0.125. The van der Waals surface area contributed by atoms with Crippen molar-refractivity contribution in [2.75, 3.05) is 12.4 Å². The molecule has 0 amide bonds. The highest BCUT2D eigenvalue weighted by Gasteiger charge is 2.10. The lowest BCUT2D eigenvalue weighted by atomic mass is 10.2. The van der Waals surface area contributed by atoms with Crippen LogP contribution in [0, 0.1) is 0 Å². The minimum atomic E-state index is -0.315. The maximum atomic E-state index is 11.5. The molecule has 0 heterocycles. The largest absolute Gasteiger partial charge is 0.497 e. The Hall–Kier alpha value is -1.03. The summed E-state index contributed by atoms with van der Waals surface area (Å²) >= 11 is 3.24. The first kappa shape index (κ1) is 12.0. The molecule has 1 aromatic rings. The monoisotopic (exact) mass is 272 g/mol. The van der Waals surface area contributed by atoms with E-state index in [4.69, 9.17) is 9.47 Å². The Kier molecular flexibility index (Phi) is 4.62. The summed E-state index contributed by atoms with van der Waals surface area (Å²) in [5, 5.41) is 0.634. The number of halogens is 1. The first-order valence-electron chi connectivity index (χ1n) is 4.58. The van der Waals surface area contributed by atoms with Crippen molar-refractivity contribution < 1.29 is 14.3 Å². The fourth-order valence-corrected chi connectivity index (χ4v) is 1.14. The molecule has 0 aliphatic rings. The van der Waals surface area contributed by atoms with E-state index in [1.807, 2.05) is 6.92 Å². The van der Waals surface area contributed by atoms with Crippen LogP contribution in [0.3, 0.4) is 0 Å². The summed E-state index contributed by atoms with van der Waals surface area (Å²) in [6, 6.07) is 6.83. The van der Waals surface area contributed by atoms with E-state index < -0.39 is 0 Å². The van der Waals surface area contributed by atoms with Gasteiger partial charge < -0.3 is 9.47 Å². The molecule has 15 heavy (non-hydrogen) atoms. The maximum Gasteiger partial charge on any atom is 0.338 e. The van der Waals surface area contributed by atoms with Crippen LogP contribution in [-0.2, 0) is 4.74 Å². The standard InChI is InChI=1S/C11H13BrO3/c1-8(7-12)15-11(13)9-3-5-10(14-2)6-4-9/h3-6,8H,7H2,1-2H3. The van der Waals surface area contributed by atoms with Crippen molar-refractivity contribution in [1.82, 2.24) is 0 Å². The second-order valence-electron chi connectivity index (χ2n) is 3.10. The fraction of sp³-hybridized carbons (Fsp3) is 0.364. The molecule has 0 saturated heterocycles. The first-order valence-corrected chi connectivity index (χ1v) is 5.70. The summed E-state index contributed by atoms with van der Waals surface area (Å²) in [5.74, 6) is 0.407. The van der Waals surface area contributed by atoms with Crippen molar-refractivity contribution >= 4 is 21.9 Å². The van der Waals surface area contributed by atoms with Gasteiger partial charge in [-0.15, -0.1) is 0 Å². The average molecular weight is 273 g/mol. The van der Waals surface area contributed by atoms with Crippen molar-refractivity contribution in [3.63, 3.8) is 0 Å². The number of ether oxygens (including phenoxy) is 2. The van der Waals surface area contributed by atoms with Gasteiger partial charge in [0.2, 0.25) is 0 Å². The highest BCUT2D eigenvalue weighted by Crippen LogP contribution is 2.12. The molecule has 1 aromatic carbocycles. The van der Waals surface area contributed by atoms with Crippen molar-refractivity contribution in [3.05, 3.63) is 29.8 Å². The first-order chi connectivity index (χ1) is 7.17. The fourth-order valence-electron chi connectivity index (χ4n) is 1.01. The summed E-state index contributed by atoms with van der Waals surface area (Å²) in [6.45, 7) is 1.83. The number of benzene rings is 1. The van der Waals surface area contributed by atoms with Gasteiger partial charge in [-0.1, -0.05) is 15.9 Å². The van der Waals surface area contributed by atoms with Gasteiger partial charge in [-0.3, -0.25) is 0 Å². The number of carbonyl (C=O) groups is 1. The molecule has 0 spiro atoms. The number of carbonyl (C=O) groups excluding carboxylic acids is 1. The number of hydrogen-bond donors (Lipinski definition) is 0. The summed E-state index contributed by atoms with van der Waals surface area (Å²) in [5.41, 5.74) is 0.531. The van der Waals surface area contributed by atoms with Gasteiger partial charge >= 0.3 is 5.97 Å². The number of alkyl halides is 1. The molecule has 1 atom stereocenters. The lowest BCUT2D eigenvalue weighted by Gasteiger charge is -2.10. The van der Waals surface area contributed by atoms with Gasteiger partial charge in [0.25, 0.3) is 0 Å². The number of hydrogen-bond acceptors (Lipinski definition) is 3. The quantitative estimate of drug-likeness (QED) is 0.625. The lowest BCUT2D eigenvalue weighted by molar-refractivity contribution is 0.0388. The smallest absolute Gasteiger partial charge is 0.338 e. The van der Waals surface area contributed by atoms with E-state index in [2.05, 4.69) is 15.9 Å². The zero-order valence-corrected chi connectivity index (χ0v) is 10.3. The van der Waals surface area contributed by atoms with E-state index in [1.165, 1.54) is 0 Å². The van der Waals surface area contributed by atoms with Crippen LogP contribution in [0.1, 0.15) is 17.3 Å². The molecular weight excluding hydrogens is 260 g/mol. The summed E-state index contributed by atoms with van der Waals surface area (Å²) in [7, 11) is 1.58. The lowest BCUT2D eigenvalue weighted by Crippen LogP contribution is -2.15. The van der Waals surface area contributed by atoms with Gasteiger partial charge in [0, 0.05) is 5.33 Å². The van der Waals surface area contributed by atoms with Gasteiger partial charge in [0.1, 0.15) is 11.9 Å². The average Bonchev–Trinajstić information content (AvgIpc) is 2.29. The Morgan fingerprint density at radius 3 is 2.47 bits per heavy atom. The highest BCUT2D eigenvalue weighted by molar-refractivity contribution is 9.09. The third-order valence-corrected chi connectivity index (χ3v) is 2.76. The molecule has 0 aliphatic heterocycles. The topological polar surface area (TPSA) is 35.5 Å². The normalized spacial score (nSPS) is 11.9. The molecule has 0 fully saturated rings. The van der Waals surface area contributed by atoms with Crippen molar-refractivity contribution in [2.24, 2.45) is 0 Å². The van der Waals surface area contributed by atoms with E-state index in [-0.39, 0.29) is 12.1 Å². The second-order valence-corrected chi connectivity index (χ2v) is 3.75. The minimum Gasteiger partial charge on any atom is -0.497 e. The summed E-state index contributed by atoms with van der Waals surface area (Å²) in [4.78, 5) is 11.5. The molecule has 0 radical (unpaired) electrons. The summed E-state index contributed by atoms with van der Waals surface area (Å²) in [6.07, 6.45) is -0.125. The van der Waals surface area contributed by atoms with Gasteiger partial charge in [0.05, 0.1) is 12.7 Å². The molecular formula is C11H13BrO3. The zero-order chi connectivity index (χ0) is 11.3. The van der Waals surface area contributed by atoms with Crippen LogP contribution < -0.4 is 4.74 Å². The molecule has 82 valence electrons. The zero-order valence-electron chi connectivity index (χ0n) is 8.70. The van der Waals surface area contributed by atoms with Crippen LogP contribution >= 0.6 is 15.9 Å². The number of methoxy groups -OCH3 is 1. The van der Waals surface area contributed by atoms with Crippen LogP contribution in [0.15, 0.2) is 24.3 Å². The highest BCUT2D eigenvalue weighted by atomic mass is 79.9. The van der Waals surface area contributed by atoms with E-state index in [1.54, 1.807) is 31.4 Å². The van der Waals surface area contributed by atoms with Gasteiger partial charge in [-0.05, 0) is 31.2 Å². The van der Waals surface area contributed by atoms with Crippen LogP contribution in [0.25, 0.3) is 0 Å². The Labute approximate surface area is 97.5 Å². The Morgan fingerprint density at radius 2 is 2.00 bits per heavy atom. The molecule has 0 aliphatic carbocycles. The third-order valence-electron chi connectivity index (χ3n) is 1.85. The van der Waals surface area contributed by atoms with Crippen LogP contribution in [0.4, 0.5) is 0 Å². The van der Waals surface area contributed by atoms with Crippen LogP contribution in [-0.4, -0.2) is 24.5 Å².